The maximum atomic E-state index is 12.7. The number of urea groups is 1. The molecule has 0 bridgehead atoms. The van der Waals surface area contributed by atoms with Crippen molar-refractivity contribution in [1.82, 2.24) is 9.47 Å². The number of non-ortho nitro benzene ring substituents is 1. The summed E-state index contributed by atoms with van der Waals surface area (Å²) in [7, 11) is 1.96. The molecule has 0 spiro atoms. The second-order valence-electron chi connectivity index (χ2n) is 6.85. The molecule has 3 aromatic rings. The molecule has 1 aliphatic rings. The van der Waals surface area contributed by atoms with Gasteiger partial charge in [-0.3, -0.25) is 10.1 Å². The smallest absolute Gasteiger partial charge is 0.322 e. The van der Waals surface area contributed by atoms with Gasteiger partial charge in [0.15, 0.2) is 0 Å². The highest BCUT2D eigenvalue weighted by Gasteiger charge is 2.22. The topological polar surface area (TPSA) is 83.7 Å². The van der Waals surface area contributed by atoms with Crippen molar-refractivity contribution in [3.05, 3.63) is 64.8 Å². The number of aromatic nitrogens is 1. The Bertz CT molecular complexity index is 1020. The highest BCUT2D eigenvalue weighted by Crippen LogP contribution is 2.26. The van der Waals surface area contributed by atoms with Crippen LogP contribution < -0.4 is 10.2 Å². The van der Waals surface area contributed by atoms with Crippen LogP contribution in [0.5, 0.6) is 0 Å². The number of benzene rings is 2. The van der Waals surface area contributed by atoms with Crippen LogP contribution >= 0.6 is 0 Å². The number of fused-ring (bicyclic) bond motifs is 1. The molecule has 1 fully saturated rings. The van der Waals surface area contributed by atoms with Crippen LogP contribution in [0, 0.1) is 10.1 Å². The van der Waals surface area contributed by atoms with Crippen LogP contribution in [-0.2, 0) is 7.05 Å². The molecule has 2 aromatic carbocycles. The molecular weight excluding hydrogens is 358 g/mol. The number of piperazine rings is 1. The van der Waals surface area contributed by atoms with Crippen molar-refractivity contribution < 1.29 is 9.72 Å². The van der Waals surface area contributed by atoms with Crippen LogP contribution in [0.3, 0.4) is 0 Å². The first-order valence-corrected chi connectivity index (χ1v) is 9.12. The van der Waals surface area contributed by atoms with Gasteiger partial charge in [-0.1, -0.05) is 18.2 Å². The lowest BCUT2D eigenvalue weighted by molar-refractivity contribution is -0.384. The molecule has 8 heteroatoms. The molecule has 0 saturated carbocycles. The Morgan fingerprint density at radius 3 is 2.39 bits per heavy atom. The van der Waals surface area contributed by atoms with E-state index in [1.54, 1.807) is 17.0 Å². The van der Waals surface area contributed by atoms with Crippen molar-refractivity contribution in [2.45, 2.75) is 0 Å². The van der Waals surface area contributed by atoms with E-state index in [0.717, 1.165) is 22.3 Å². The van der Waals surface area contributed by atoms with E-state index in [0.29, 0.717) is 26.2 Å². The van der Waals surface area contributed by atoms with Gasteiger partial charge in [-0.2, -0.15) is 0 Å². The summed E-state index contributed by atoms with van der Waals surface area (Å²) in [5.74, 6) is 0. The maximum absolute atomic E-state index is 12.7. The summed E-state index contributed by atoms with van der Waals surface area (Å²) in [5.41, 5.74) is 2.89. The molecule has 1 aliphatic heterocycles. The molecule has 4 rings (SSSR count). The number of aryl methyl sites for hydroxylation is 1. The first-order chi connectivity index (χ1) is 13.5. The Hall–Kier alpha value is -3.55. The minimum atomic E-state index is -0.403. The van der Waals surface area contributed by atoms with Crippen LogP contribution in [0.4, 0.5) is 21.9 Å². The van der Waals surface area contributed by atoms with E-state index in [4.69, 9.17) is 0 Å². The van der Waals surface area contributed by atoms with Crippen molar-refractivity contribution in [1.29, 1.82) is 0 Å². The monoisotopic (exact) mass is 379 g/mol. The molecule has 0 radical (unpaired) electrons. The number of para-hydroxylation sites is 1. The summed E-state index contributed by atoms with van der Waals surface area (Å²) in [5, 5.41) is 14.8. The zero-order valence-corrected chi connectivity index (χ0v) is 15.5. The van der Waals surface area contributed by atoms with Crippen LogP contribution in [0.2, 0.25) is 0 Å². The van der Waals surface area contributed by atoms with Gasteiger partial charge in [0, 0.05) is 68.1 Å². The number of carbonyl (C=O) groups excluding carboxylic acids is 1. The molecule has 0 unspecified atom stereocenters. The minimum Gasteiger partial charge on any atom is -0.368 e. The second-order valence-corrected chi connectivity index (χ2v) is 6.85. The lowest BCUT2D eigenvalue weighted by Gasteiger charge is -2.36. The lowest BCUT2D eigenvalue weighted by Crippen LogP contribution is -2.50. The molecule has 2 heterocycles. The van der Waals surface area contributed by atoms with Gasteiger partial charge in [-0.15, -0.1) is 0 Å². The minimum absolute atomic E-state index is 0.0804. The average molecular weight is 379 g/mol. The third kappa shape index (κ3) is 3.36. The Morgan fingerprint density at radius 1 is 1.04 bits per heavy atom. The molecule has 0 aliphatic carbocycles. The summed E-state index contributed by atoms with van der Waals surface area (Å²) in [6.45, 7) is 2.54. The Balaban J connectivity index is 1.39. The van der Waals surface area contributed by atoms with E-state index in [2.05, 4.69) is 10.2 Å². The standard InChI is InChI=1S/C20H21N5O3/c1-22-14-18(17-4-2-3-5-19(17)22)21-20(26)24-12-10-23(11-13-24)15-6-8-16(9-7-15)25(27)28/h2-9,14H,10-13H2,1H3,(H,21,26). The number of nitrogens with one attached hydrogen (secondary N) is 1. The molecule has 144 valence electrons. The van der Waals surface area contributed by atoms with Gasteiger partial charge in [-0.05, 0) is 18.2 Å². The first-order valence-electron chi connectivity index (χ1n) is 9.12. The van der Waals surface area contributed by atoms with E-state index in [-0.39, 0.29) is 11.7 Å². The van der Waals surface area contributed by atoms with Gasteiger partial charge >= 0.3 is 6.03 Å². The summed E-state index contributed by atoms with van der Waals surface area (Å²) in [6, 6.07) is 14.4. The highest BCUT2D eigenvalue weighted by atomic mass is 16.6. The fourth-order valence-electron chi connectivity index (χ4n) is 3.59. The summed E-state index contributed by atoms with van der Waals surface area (Å²) >= 11 is 0. The first kappa shape index (κ1) is 17.8. The van der Waals surface area contributed by atoms with Gasteiger partial charge in [0.1, 0.15) is 0 Å². The number of nitro benzene ring substituents is 1. The van der Waals surface area contributed by atoms with Crippen molar-refractivity contribution in [2.24, 2.45) is 7.05 Å². The third-order valence-corrected chi connectivity index (χ3v) is 5.13. The largest absolute Gasteiger partial charge is 0.368 e. The number of amides is 2. The Kier molecular flexibility index (Phi) is 4.60. The van der Waals surface area contributed by atoms with Crippen LogP contribution in [0.1, 0.15) is 0 Å². The molecule has 28 heavy (non-hydrogen) atoms. The summed E-state index contributed by atoms with van der Waals surface area (Å²) in [6.07, 6.45) is 1.93. The predicted molar refractivity (Wildman–Crippen MR) is 109 cm³/mol. The van der Waals surface area contributed by atoms with E-state index >= 15 is 0 Å². The zero-order chi connectivity index (χ0) is 19.7. The average Bonchev–Trinajstić information content (AvgIpc) is 3.04. The molecular formula is C20H21N5O3. The number of nitro groups is 1. The van der Waals surface area contributed by atoms with Gasteiger partial charge in [0.2, 0.25) is 0 Å². The molecule has 0 atom stereocenters. The second kappa shape index (κ2) is 7.22. The number of hydrogen-bond acceptors (Lipinski definition) is 4. The zero-order valence-electron chi connectivity index (χ0n) is 15.5. The highest BCUT2D eigenvalue weighted by molar-refractivity contribution is 6.01. The van der Waals surface area contributed by atoms with Crippen LogP contribution in [0.15, 0.2) is 54.7 Å². The fraction of sp³-hybridized carbons (Fsp3) is 0.250. The van der Waals surface area contributed by atoms with Crippen LogP contribution in [-0.4, -0.2) is 46.6 Å². The fourth-order valence-corrected chi connectivity index (χ4v) is 3.59. The number of hydrogen-bond donors (Lipinski definition) is 1. The normalized spacial score (nSPS) is 14.3. The SMILES string of the molecule is Cn1cc(NC(=O)N2CCN(c3ccc([N+](=O)[O-])cc3)CC2)c2ccccc21. The van der Waals surface area contributed by atoms with Gasteiger partial charge < -0.3 is 19.7 Å². The predicted octanol–water partition coefficient (Wildman–Crippen LogP) is 3.44. The van der Waals surface area contributed by atoms with Gasteiger partial charge in [-0.25, -0.2) is 4.79 Å². The number of nitrogens with zero attached hydrogens (tertiary/aromatic N) is 4. The van der Waals surface area contributed by atoms with Crippen molar-refractivity contribution >= 4 is 34.0 Å². The Labute approximate surface area is 162 Å². The number of anilines is 2. The lowest BCUT2D eigenvalue weighted by atomic mass is 10.2. The summed E-state index contributed by atoms with van der Waals surface area (Å²) < 4.78 is 2.00. The molecule has 2 amide bonds. The van der Waals surface area contributed by atoms with Gasteiger partial charge in [0.05, 0.1) is 10.6 Å². The molecule has 1 saturated heterocycles. The Morgan fingerprint density at radius 2 is 1.71 bits per heavy atom. The van der Waals surface area contributed by atoms with Crippen molar-refractivity contribution in [3.63, 3.8) is 0 Å². The molecule has 8 nitrogen and oxygen atoms in total. The number of carbonyl (C=O) groups is 1. The van der Waals surface area contributed by atoms with E-state index in [1.165, 1.54) is 12.1 Å². The summed E-state index contributed by atoms with van der Waals surface area (Å²) in [4.78, 5) is 27.0. The third-order valence-electron chi connectivity index (χ3n) is 5.13. The maximum Gasteiger partial charge on any atom is 0.322 e. The van der Waals surface area contributed by atoms with E-state index in [1.807, 2.05) is 42.1 Å². The van der Waals surface area contributed by atoms with E-state index < -0.39 is 4.92 Å². The molecule has 1 aromatic heterocycles. The van der Waals surface area contributed by atoms with Crippen LogP contribution in [0.25, 0.3) is 10.9 Å². The van der Waals surface area contributed by atoms with E-state index in [9.17, 15) is 14.9 Å². The molecule has 1 N–H and O–H groups in total. The van der Waals surface area contributed by atoms with Crippen molar-refractivity contribution in [2.75, 3.05) is 36.4 Å². The van der Waals surface area contributed by atoms with Gasteiger partial charge in [0.25, 0.3) is 5.69 Å². The quantitative estimate of drug-likeness (QED) is 0.558. The van der Waals surface area contributed by atoms with Crippen molar-refractivity contribution in [3.8, 4) is 0 Å². The number of rotatable bonds is 3.